The van der Waals surface area contributed by atoms with Gasteiger partial charge in [0, 0.05) is 5.56 Å². The summed E-state index contributed by atoms with van der Waals surface area (Å²) >= 11 is 0. The van der Waals surface area contributed by atoms with Gasteiger partial charge >= 0.3 is 0 Å². The van der Waals surface area contributed by atoms with Gasteiger partial charge < -0.3 is 5.32 Å². The standard InChI is InChI=1S/C10H12N4/c1-11-7-9-12-10(14-13-9)8-5-3-2-4-6-8/h2-6,11H,7H2,1H3,(H,12,13,14). The van der Waals surface area contributed by atoms with E-state index in [9.17, 15) is 0 Å². The molecule has 0 saturated heterocycles. The van der Waals surface area contributed by atoms with Crippen molar-refractivity contribution in [3.63, 3.8) is 0 Å². The lowest BCUT2D eigenvalue weighted by atomic mass is 10.2. The van der Waals surface area contributed by atoms with Crippen LogP contribution < -0.4 is 5.32 Å². The van der Waals surface area contributed by atoms with E-state index in [4.69, 9.17) is 0 Å². The van der Waals surface area contributed by atoms with Crippen molar-refractivity contribution in [3.8, 4) is 11.4 Å². The van der Waals surface area contributed by atoms with Crippen molar-refractivity contribution in [1.82, 2.24) is 20.5 Å². The van der Waals surface area contributed by atoms with Crippen LogP contribution in [0.5, 0.6) is 0 Å². The van der Waals surface area contributed by atoms with Crippen molar-refractivity contribution in [1.29, 1.82) is 0 Å². The predicted molar refractivity (Wildman–Crippen MR) is 54.6 cm³/mol. The Balaban J connectivity index is 2.25. The molecule has 0 spiro atoms. The van der Waals surface area contributed by atoms with Gasteiger partial charge in [-0.05, 0) is 7.05 Å². The van der Waals surface area contributed by atoms with Crippen LogP contribution in [0.15, 0.2) is 30.3 Å². The number of nitrogens with one attached hydrogen (secondary N) is 2. The van der Waals surface area contributed by atoms with Crippen molar-refractivity contribution < 1.29 is 0 Å². The normalized spacial score (nSPS) is 10.4. The van der Waals surface area contributed by atoms with Crippen LogP contribution in [0.3, 0.4) is 0 Å². The molecule has 4 heteroatoms. The molecule has 4 nitrogen and oxygen atoms in total. The first-order valence-corrected chi connectivity index (χ1v) is 4.51. The Labute approximate surface area is 82.4 Å². The van der Waals surface area contributed by atoms with Crippen molar-refractivity contribution in [3.05, 3.63) is 36.2 Å². The highest BCUT2D eigenvalue weighted by atomic mass is 15.2. The molecule has 0 aliphatic rings. The second kappa shape index (κ2) is 4.02. The summed E-state index contributed by atoms with van der Waals surface area (Å²) in [6.07, 6.45) is 0. The monoisotopic (exact) mass is 188 g/mol. The zero-order chi connectivity index (χ0) is 9.80. The van der Waals surface area contributed by atoms with Crippen LogP contribution in [0.4, 0.5) is 0 Å². The number of hydrogen-bond donors (Lipinski definition) is 2. The van der Waals surface area contributed by atoms with Gasteiger partial charge in [-0.2, -0.15) is 5.10 Å². The number of nitrogens with zero attached hydrogens (tertiary/aromatic N) is 2. The van der Waals surface area contributed by atoms with Crippen LogP contribution in [0.1, 0.15) is 5.82 Å². The summed E-state index contributed by atoms with van der Waals surface area (Å²) in [5, 5.41) is 10.0. The smallest absolute Gasteiger partial charge is 0.181 e. The van der Waals surface area contributed by atoms with Crippen LogP contribution in [-0.4, -0.2) is 22.2 Å². The van der Waals surface area contributed by atoms with Gasteiger partial charge in [0.1, 0.15) is 5.82 Å². The van der Waals surface area contributed by atoms with Gasteiger partial charge in [-0.15, -0.1) is 0 Å². The fraction of sp³-hybridized carbons (Fsp3) is 0.200. The third-order valence-electron chi connectivity index (χ3n) is 1.91. The van der Waals surface area contributed by atoms with E-state index in [0.29, 0.717) is 6.54 Å². The lowest BCUT2D eigenvalue weighted by Crippen LogP contribution is -2.06. The van der Waals surface area contributed by atoms with Gasteiger partial charge in [-0.3, -0.25) is 5.10 Å². The molecule has 0 amide bonds. The molecule has 0 fully saturated rings. The second-order valence-corrected chi connectivity index (χ2v) is 3.00. The van der Waals surface area contributed by atoms with E-state index >= 15 is 0 Å². The molecule has 2 N–H and O–H groups in total. The maximum absolute atomic E-state index is 4.34. The van der Waals surface area contributed by atoms with E-state index in [0.717, 1.165) is 17.2 Å². The highest BCUT2D eigenvalue weighted by Gasteiger charge is 2.03. The highest BCUT2D eigenvalue weighted by Crippen LogP contribution is 2.12. The SMILES string of the molecule is CNCc1nc(-c2ccccc2)n[nH]1. The Morgan fingerprint density at radius 3 is 2.79 bits per heavy atom. The van der Waals surface area contributed by atoms with Gasteiger partial charge in [0.05, 0.1) is 6.54 Å². The molecule has 0 atom stereocenters. The Hall–Kier alpha value is -1.68. The number of aromatic nitrogens is 3. The first-order valence-electron chi connectivity index (χ1n) is 4.51. The third-order valence-corrected chi connectivity index (χ3v) is 1.91. The van der Waals surface area contributed by atoms with Gasteiger partial charge in [-0.25, -0.2) is 4.98 Å². The summed E-state index contributed by atoms with van der Waals surface area (Å²) in [5.41, 5.74) is 1.03. The molecule has 1 aromatic carbocycles. The molecule has 0 unspecified atom stereocenters. The van der Waals surface area contributed by atoms with Crippen LogP contribution in [0.25, 0.3) is 11.4 Å². The first-order chi connectivity index (χ1) is 6.90. The average Bonchev–Trinajstić information content (AvgIpc) is 2.68. The molecule has 0 saturated carbocycles. The van der Waals surface area contributed by atoms with Gasteiger partial charge in [0.2, 0.25) is 0 Å². The van der Waals surface area contributed by atoms with Crippen LogP contribution in [0, 0.1) is 0 Å². The Kier molecular flexibility index (Phi) is 2.55. The quantitative estimate of drug-likeness (QED) is 0.760. The number of rotatable bonds is 3. The number of aromatic amines is 1. The summed E-state index contributed by atoms with van der Waals surface area (Å²) in [4.78, 5) is 4.34. The molecule has 2 aromatic rings. The maximum Gasteiger partial charge on any atom is 0.181 e. The van der Waals surface area contributed by atoms with E-state index < -0.39 is 0 Å². The lowest BCUT2D eigenvalue weighted by Gasteiger charge is -1.92. The van der Waals surface area contributed by atoms with Crippen LogP contribution in [-0.2, 0) is 6.54 Å². The maximum atomic E-state index is 4.34. The predicted octanol–water partition coefficient (Wildman–Crippen LogP) is 1.19. The summed E-state index contributed by atoms with van der Waals surface area (Å²) in [7, 11) is 1.88. The molecule has 14 heavy (non-hydrogen) atoms. The van der Waals surface area contributed by atoms with E-state index in [1.807, 2.05) is 37.4 Å². The van der Waals surface area contributed by atoms with Crippen molar-refractivity contribution >= 4 is 0 Å². The minimum Gasteiger partial charge on any atom is -0.313 e. The van der Waals surface area contributed by atoms with E-state index in [1.165, 1.54) is 0 Å². The second-order valence-electron chi connectivity index (χ2n) is 3.00. The fourth-order valence-corrected chi connectivity index (χ4v) is 1.26. The first kappa shape index (κ1) is 8.90. The van der Waals surface area contributed by atoms with Crippen LogP contribution >= 0.6 is 0 Å². The fourth-order valence-electron chi connectivity index (χ4n) is 1.26. The van der Waals surface area contributed by atoms with Crippen molar-refractivity contribution in [2.24, 2.45) is 0 Å². The summed E-state index contributed by atoms with van der Waals surface area (Å²) < 4.78 is 0. The molecule has 72 valence electrons. The molecule has 1 heterocycles. The molecule has 0 aliphatic carbocycles. The van der Waals surface area contributed by atoms with E-state index in [2.05, 4.69) is 20.5 Å². The van der Waals surface area contributed by atoms with Crippen molar-refractivity contribution in [2.75, 3.05) is 7.05 Å². The zero-order valence-electron chi connectivity index (χ0n) is 7.99. The largest absolute Gasteiger partial charge is 0.313 e. The van der Waals surface area contributed by atoms with E-state index in [1.54, 1.807) is 0 Å². The van der Waals surface area contributed by atoms with Gasteiger partial charge in [-0.1, -0.05) is 30.3 Å². The summed E-state index contributed by atoms with van der Waals surface area (Å²) in [6, 6.07) is 9.91. The molecule has 0 radical (unpaired) electrons. The molecular formula is C10H12N4. The molecule has 1 aromatic heterocycles. The third kappa shape index (κ3) is 1.80. The Morgan fingerprint density at radius 2 is 2.07 bits per heavy atom. The highest BCUT2D eigenvalue weighted by molar-refractivity contribution is 5.53. The minimum absolute atomic E-state index is 0.708. The molecule has 0 bridgehead atoms. The number of hydrogen-bond acceptors (Lipinski definition) is 3. The zero-order valence-corrected chi connectivity index (χ0v) is 7.99. The Morgan fingerprint density at radius 1 is 1.29 bits per heavy atom. The summed E-state index contributed by atoms with van der Waals surface area (Å²) in [5.74, 6) is 1.60. The average molecular weight is 188 g/mol. The number of H-pyrrole nitrogens is 1. The van der Waals surface area contributed by atoms with E-state index in [-0.39, 0.29) is 0 Å². The van der Waals surface area contributed by atoms with Gasteiger partial charge in [0.15, 0.2) is 5.82 Å². The molecule has 0 aliphatic heterocycles. The van der Waals surface area contributed by atoms with Crippen molar-refractivity contribution in [2.45, 2.75) is 6.54 Å². The summed E-state index contributed by atoms with van der Waals surface area (Å²) in [6.45, 7) is 0.708. The lowest BCUT2D eigenvalue weighted by molar-refractivity contribution is 0.763. The Bertz CT molecular complexity index is 394. The molecule has 2 rings (SSSR count). The van der Waals surface area contributed by atoms with Gasteiger partial charge in [0.25, 0.3) is 0 Å². The van der Waals surface area contributed by atoms with Crippen LogP contribution in [0.2, 0.25) is 0 Å². The molecular weight excluding hydrogens is 176 g/mol. The topological polar surface area (TPSA) is 53.6 Å². The number of benzene rings is 1. The minimum atomic E-state index is 0.708.